The summed E-state index contributed by atoms with van der Waals surface area (Å²) in [4.78, 5) is 22.0. The molecule has 1 rings (SSSR count). The Bertz CT molecular complexity index is 351. The predicted octanol–water partition coefficient (Wildman–Crippen LogP) is 2.21. The number of Topliss-reactive ketones (excluding diaryl/α,β-unsaturated/α-hetero) is 1. The van der Waals surface area contributed by atoms with E-state index in [0.717, 1.165) is 0 Å². The molecule has 0 fully saturated rings. The van der Waals surface area contributed by atoms with Crippen molar-refractivity contribution in [2.45, 2.75) is 20.3 Å². The second-order valence-corrected chi connectivity index (χ2v) is 3.14. The van der Waals surface area contributed by atoms with Crippen LogP contribution in [-0.4, -0.2) is 16.9 Å². The van der Waals surface area contributed by atoms with Crippen molar-refractivity contribution < 1.29 is 19.1 Å². The topological polar surface area (TPSA) is 67.5 Å². The SMILES string of the molecule is CCC(C)C(=O)c1ccc(C(=O)O)o1. The van der Waals surface area contributed by atoms with Crippen LogP contribution in [0.3, 0.4) is 0 Å². The highest BCUT2D eigenvalue weighted by Gasteiger charge is 2.18. The highest BCUT2D eigenvalue weighted by molar-refractivity contribution is 5.96. The Kier molecular flexibility index (Phi) is 3.06. The van der Waals surface area contributed by atoms with Crippen molar-refractivity contribution in [3.05, 3.63) is 23.7 Å². The summed E-state index contributed by atoms with van der Waals surface area (Å²) in [6, 6.07) is 2.69. The molecule has 0 radical (unpaired) electrons. The molecule has 0 aliphatic rings. The molecule has 0 bridgehead atoms. The first-order valence-electron chi connectivity index (χ1n) is 4.43. The van der Waals surface area contributed by atoms with E-state index in [-0.39, 0.29) is 23.2 Å². The Morgan fingerprint density at radius 3 is 2.43 bits per heavy atom. The lowest BCUT2D eigenvalue weighted by molar-refractivity contribution is 0.0659. The zero-order valence-electron chi connectivity index (χ0n) is 8.11. The van der Waals surface area contributed by atoms with Gasteiger partial charge in [-0.3, -0.25) is 4.79 Å². The highest BCUT2D eigenvalue weighted by Crippen LogP contribution is 2.14. The van der Waals surface area contributed by atoms with Crippen LogP contribution in [0, 0.1) is 5.92 Å². The molecule has 0 saturated carbocycles. The number of furan rings is 1. The van der Waals surface area contributed by atoms with Crippen LogP contribution in [0.15, 0.2) is 16.5 Å². The molecule has 0 aliphatic carbocycles. The molecule has 1 unspecified atom stereocenters. The second-order valence-electron chi connectivity index (χ2n) is 3.14. The average molecular weight is 196 g/mol. The third-order valence-corrected chi connectivity index (χ3v) is 2.12. The number of hydrogen-bond acceptors (Lipinski definition) is 3. The zero-order valence-corrected chi connectivity index (χ0v) is 8.11. The maximum absolute atomic E-state index is 11.5. The summed E-state index contributed by atoms with van der Waals surface area (Å²) in [5, 5.41) is 8.57. The summed E-state index contributed by atoms with van der Waals surface area (Å²) in [7, 11) is 0. The predicted molar refractivity (Wildman–Crippen MR) is 49.5 cm³/mol. The Morgan fingerprint density at radius 1 is 1.43 bits per heavy atom. The molecular weight excluding hydrogens is 184 g/mol. The van der Waals surface area contributed by atoms with Gasteiger partial charge in [-0.25, -0.2) is 4.79 Å². The van der Waals surface area contributed by atoms with Gasteiger partial charge < -0.3 is 9.52 Å². The fraction of sp³-hybridized carbons (Fsp3) is 0.400. The van der Waals surface area contributed by atoms with Crippen LogP contribution in [0.4, 0.5) is 0 Å². The van der Waals surface area contributed by atoms with E-state index >= 15 is 0 Å². The monoisotopic (exact) mass is 196 g/mol. The quantitative estimate of drug-likeness (QED) is 0.749. The van der Waals surface area contributed by atoms with E-state index in [1.807, 2.05) is 6.92 Å². The third kappa shape index (κ3) is 2.02. The normalized spacial score (nSPS) is 12.4. The van der Waals surface area contributed by atoms with Gasteiger partial charge in [0.25, 0.3) is 0 Å². The number of rotatable bonds is 4. The Hall–Kier alpha value is -1.58. The fourth-order valence-electron chi connectivity index (χ4n) is 1.01. The summed E-state index contributed by atoms with van der Waals surface area (Å²) < 4.78 is 4.88. The van der Waals surface area contributed by atoms with Crippen molar-refractivity contribution in [3.63, 3.8) is 0 Å². The molecule has 1 atom stereocenters. The summed E-state index contributed by atoms with van der Waals surface area (Å²) in [5.41, 5.74) is 0. The molecule has 0 saturated heterocycles. The van der Waals surface area contributed by atoms with E-state index in [9.17, 15) is 9.59 Å². The summed E-state index contributed by atoms with van der Waals surface area (Å²) >= 11 is 0. The van der Waals surface area contributed by atoms with Gasteiger partial charge in [0, 0.05) is 5.92 Å². The van der Waals surface area contributed by atoms with Gasteiger partial charge in [-0.1, -0.05) is 13.8 Å². The minimum atomic E-state index is -1.16. The Balaban J connectivity index is 2.87. The summed E-state index contributed by atoms with van der Waals surface area (Å²) in [5.74, 6) is -1.52. The molecule has 4 heteroatoms. The van der Waals surface area contributed by atoms with Gasteiger partial charge in [-0.2, -0.15) is 0 Å². The number of ketones is 1. The lowest BCUT2D eigenvalue weighted by Crippen LogP contribution is -2.09. The summed E-state index contributed by atoms with van der Waals surface area (Å²) in [6.07, 6.45) is 0.710. The van der Waals surface area contributed by atoms with E-state index < -0.39 is 5.97 Å². The van der Waals surface area contributed by atoms with E-state index in [4.69, 9.17) is 9.52 Å². The van der Waals surface area contributed by atoms with E-state index in [0.29, 0.717) is 6.42 Å². The fourth-order valence-corrected chi connectivity index (χ4v) is 1.01. The smallest absolute Gasteiger partial charge is 0.371 e. The zero-order chi connectivity index (χ0) is 10.7. The van der Waals surface area contributed by atoms with Gasteiger partial charge in [-0.15, -0.1) is 0 Å². The number of carboxylic acid groups (broad SMARTS) is 1. The molecule has 1 heterocycles. The van der Waals surface area contributed by atoms with Crippen LogP contribution in [0.1, 0.15) is 41.4 Å². The lowest BCUT2D eigenvalue weighted by atomic mass is 10.0. The molecule has 0 aromatic carbocycles. The molecule has 76 valence electrons. The van der Waals surface area contributed by atoms with Crippen molar-refractivity contribution in [1.82, 2.24) is 0 Å². The van der Waals surface area contributed by atoms with Gasteiger partial charge in [0.15, 0.2) is 5.76 Å². The van der Waals surface area contributed by atoms with Gasteiger partial charge >= 0.3 is 5.97 Å². The highest BCUT2D eigenvalue weighted by atomic mass is 16.4. The first-order valence-corrected chi connectivity index (χ1v) is 4.43. The van der Waals surface area contributed by atoms with Gasteiger partial charge in [0.2, 0.25) is 11.5 Å². The molecule has 0 aliphatic heterocycles. The van der Waals surface area contributed by atoms with Crippen LogP contribution >= 0.6 is 0 Å². The molecule has 1 N–H and O–H groups in total. The first-order chi connectivity index (χ1) is 6.56. The standard InChI is InChI=1S/C10H12O4/c1-3-6(2)9(11)7-4-5-8(14-7)10(12)13/h4-6H,3H2,1-2H3,(H,12,13). The molecular formula is C10H12O4. The summed E-state index contributed by atoms with van der Waals surface area (Å²) in [6.45, 7) is 3.68. The Morgan fingerprint density at radius 2 is 2.00 bits per heavy atom. The number of carbonyl (C=O) groups is 2. The van der Waals surface area contributed by atoms with Crippen molar-refractivity contribution >= 4 is 11.8 Å². The lowest BCUT2D eigenvalue weighted by Gasteiger charge is -2.02. The molecule has 1 aromatic heterocycles. The van der Waals surface area contributed by atoms with Crippen LogP contribution < -0.4 is 0 Å². The van der Waals surface area contributed by atoms with Crippen LogP contribution in [-0.2, 0) is 0 Å². The first kappa shape index (κ1) is 10.5. The Labute approximate surface area is 81.5 Å². The van der Waals surface area contributed by atoms with Crippen molar-refractivity contribution in [3.8, 4) is 0 Å². The number of hydrogen-bond donors (Lipinski definition) is 1. The largest absolute Gasteiger partial charge is 0.475 e. The van der Waals surface area contributed by atoms with E-state index in [1.54, 1.807) is 6.92 Å². The van der Waals surface area contributed by atoms with Crippen LogP contribution in [0.5, 0.6) is 0 Å². The minimum Gasteiger partial charge on any atom is -0.475 e. The molecule has 1 aromatic rings. The maximum atomic E-state index is 11.5. The maximum Gasteiger partial charge on any atom is 0.371 e. The average Bonchev–Trinajstić information content (AvgIpc) is 2.64. The van der Waals surface area contributed by atoms with E-state index in [2.05, 4.69) is 0 Å². The second kappa shape index (κ2) is 4.09. The number of carboxylic acids is 1. The van der Waals surface area contributed by atoms with Gasteiger partial charge in [0.1, 0.15) is 0 Å². The third-order valence-electron chi connectivity index (χ3n) is 2.12. The van der Waals surface area contributed by atoms with Crippen LogP contribution in [0.25, 0.3) is 0 Å². The van der Waals surface area contributed by atoms with Gasteiger partial charge in [-0.05, 0) is 18.6 Å². The van der Waals surface area contributed by atoms with Crippen LogP contribution in [0.2, 0.25) is 0 Å². The van der Waals surface area contributed by atoms with E-state index in [1.165, 1.54) is 12.1 Å². The van der Waals surface area contributed by atoms with Crippen molar-refractivity contribution in [1.29, 1.82) is 0 Å². The minimum absolute atomic E-state index is 0.122. The van der Waals surface area contributed by atoms with Gasteiger partial charge in [0.05, 0.1) is 0 Å². The molecule has 4 nitrogen and oxygen atoms in total. The molecule has 14 heavy (non-hydrogen) atoms. The number of carbonyl (C=O) groups excluding carboxylic acids is 1. The van der Waals surface area contributed by atoms with Crippen molar-refractivity contribution in [2.75, 3.05) is 0 Å². The molecule has 0 spiro atoms. The van der Waals surface area contributed by atoms with Crippen molar-refractivity contribution in [2.24, 2.45) is 5.92 Å². The number of aromatic carboxylic acids is 1. The molecule has 0 amide bonds.